The van der Waals surface area contributed by atoms with Gasteiger partial charge >= 0.3 is 6.01 Å². The van der Waals surface area contributed by atoms with Gasteiger partial charge in [0.2, 0.25) is 5.91 Å². The van der Waals surface area contributed by atoms with Gasteiger partial charge in [-0.15, -0.1) is 0 Å². The molecule has 2 amide bonds. The van der Waals surface area contributed by atoms with Crippen molar-refractivity contribution in [2.45, 2.75) is 32.2 Å². The van der Waals surface area contributed by atoms with E-state index in [1.807, 2.05) is 25.1 Å². The molecule has 2 aromatic carbocycles. The van der Waals surface area contributed by atoms with Gasteiger partial charge in [0.25, 0.3) is 5.91 Å². The lowest BCUT2D eigenvalue weighted by Gasteiger charge is -2.40. The Hall–Kier alpha value is -3.92. The van der Waals surface area contributed by atoms with Crippen LogP contribution < -0.4 is 14.5 Å². The normalized spacial score (nSPS) is 17.1. The summed E-state index contributed by atoms with van der Waals surface area (Å²) in [6.45, 7) is 7.99. The monoisotopic (exact) mass is 594 g/mol. The minimum absolute atomic E-state index is 0.0431. The van der Waals surface area contributed by atoms with E-state index in [-0.39, 0.29) is 31.0 Å². The van der Waals surface area contributed by atoms with Gasteiger partial charge in [-0.05, 0) is 30.9 Å². The van der Waals surface area contributed by atoms with Gasteiger partial charge in [0.15, 0.2) is 5.83 Å². The minimum atomic E-state index is -0.956. The molecule has 1 aromatic heterocycles. The summed E-state index contributed by atoms with van der Waals surface area (Å²) < 4.78 is 19.6. The second-order valence-electron chi connectivity index (χ2n) is 10.9. The summed E-state index contributed by atoms with van der Waals surface area (Å²) in [5.41, 5.74) is 3.00. The molecule has 3 heterocycles. The minimum Gasteiger partial charge on any atom is -0.463 e. The number of hydrogen-bond acceptors (Lipinski definition) is 7. The van der Waals surface area contributed by atoms with E-state index in [1.165, 1.54) is 9.80 Å². The first-order valence-electron chi connectivity index (χ1n) is 14.2. The lowest BCUT2D eigenvalue weighted by atomic mass is 10.1. The Balaban J connectivity index is 1.44. The highest BCUT2D eigenvalue weighted by molar-refractivity contribution is 6.36. The number of carbonyl (C=O) groups excluding carboxylic acids is 2. The molecule has 1 atom stereocenters. The maximum Gasteiger partial charge on any atom is 0.318 e. The van der Waals surface area contributed by atoms with Gasteiger partial charge in [-0.3, -0.25) is 9.59 Å². The smallest absolute Gasteiger partial charge is 0.318 e. The van der Waals surface area contributed by atoms with Crippen LogP contribution in [0.4, 0.5) is 15.9 Å². The number of aromatic nitrogens is 2. The summed E-state index contributed by atoms with van der Waals surface area (Å²) in [7, 11) is 3.41. The van der Waals surface area contributed by atoms with E-state index in [4.69, 9.17) is 26.3 Å². The number of anilines is 2. The number of amides is 2. The van der Waals surface area contributed by atoms with Crippen LogP contribution in [0.5, 0.6) is 6.01 Å². The number of rotatable bonds is 7. The topological polar surface area (TPSA) is 82.1 Å². The van der Waals surface area contributed by atoms with Crippen LogP contribution in [-0.4, -0.2) is 91.0 Å². The number of carbonyl (C=O) groups is 2. The molecule has 0 N–H and O–H groups in total. The van der Waals surface area contributed by atoms with Gasteiger partial charge in [0.1, 0.15) is 12.4 Å². The highest BCUT2D eigenvalue weighted by atomic mass is 35.5. The molecular formula is C31H36ClFN6O3. The Kier molecular flexibility index (Phi) is 8.82. The first-order chi connectivity index (χ1) is 20.1. The van der Waals surface area contributed by atoms with Gasteiger partial charge in [-0.1, -0.05) is 42.4 Å². The highest BCUT2D eigenvalue weighted by Crippen LogP contribution is 2.35. The zero-order valence-corrected chi connectivity index (χ0v) is 25.0. The SMILES string of the molecule is C=C(F)C(=O)N1CCN(c2nc(OCCC(=O)N(C)C)nc3c2CCN(c2cccc4cccc(Cl)c24)CC3)C[C@H]1C. The Morgan fingerprint density at radius 3 is 2.52 bits per heavy atom. The van der Waals surface area contributed by atoms with Crippen LogP contribution in [0.1, 0.15) is 24.6 Å². The van der Waals surface area contributed by atoms with Gasteiger partial charge in [-0.25, -0.2) is 4.39 Å². The standard InChI is InChI=1S/C31H36ClFN6O3/c1-20-19-38(16-17-39(20)30(41)21(2)33)29-23-11-14-37(26-10-6-8-22-7-5-9-24(32)28(22)26)15-12-25(23)34-31(35-29)42-18-13-27(40)36(3)4/h5-10,20H,2,11-19H2,1,3-4H3/t20-/m1/s1. The molecule has 0 aliphatic carbocycles. The number of piperazine rings is 1. The van der Waals surface area contributed by atoms with E-state index in [0.717, 1.165) is 46.6 Å². The Labute approximate surface area is 250 Å². The third-order valence-corrected chi connectivity index (χ3v) is 8.25. The molecule has 1 fully saturated rings. The van der Waals surface area contributed by atoms with Crippen LogP contribution in [0, 0.1) is 0 Å². The molecule has 3 aromatic rings. The van der Waals surface area contributed by atoms with E-state index < -0.39 is 11.7 Å². The van der Waals surface area contributed by atoms with Gasteiger partial charge in [0.05, 0.1) is 17.1 Å². The highest BCUT2D eigenvalue weighted by Gasteiger charge is 2.32. The zero-order chi connectivity index (χ0) is 30.0. The van der Waals surface area contributed by atoms with Crippen molar-refractivity contribution >= 4 is 45.7 Å². The second kappa shape index (κ2) is 12.5. The summed E-state index contributed by atoms with van der Waals surface area (Å²) >= 11 is 6.66. The molecule has 222 valence electrons. The van der Waals surface area contributed by atoms with Crippen LogP contribution in [0.2, 0.25) is 5.02 Å². The molecule has 11 heteroatoms. The molecule has 0 radical (unpaired) electrons. The van der Waals surface area contributed by atoms with Crippen molar-refractivity contribution in [2.24, 2.45) is 0 Å². The van der Waals surface area contributed by atoms with Crippen LogP contribution in [-0.2, 0) is 22.4 Å². The Bertz CT molecular complexity index is 1510. The maximum atomic E-state index is 13.6. The predicted molar refractivity (Wildman–Crippen MR) is 163 cm³/mol. The summed E-state index contributed by atoms with van der Waals surface area (Å²) in [5, 5.41) is 2.82. The van der Waals surface area contributed by atoms with Crippen molar-refractivity contribution < 1.29 is 18.7 Å². The average Bonchev–Trinajstić information content (AvgIpc) is 3.19. The summed E-state index contributed by atoms with van der Waals surface area (Å²) in [5.74, 6) is -0.923. The van der Waals surface area contributed by atoms with Gasteiger partial charge in [-0.2, -0.15) is 9.97 Å². The quantitative estimate of drug-likeness (QED) is 0.378. The number of benzene rings is 2. The van der Waals surface area contributed by atoms with Gasteiger partial charge < -0.3 is 24.3 Å². The van der Waals surface area contributed by atoms with Crippen molar-refractivity contribution in [1.82, 2.24) is 19.8 Å². The van der Waals surface area contributed by atoms with Crippen molar-refractivity contribution in [3.63, 3.8) is 0 Å². The van der Waals surface area contributed by atoms with E-state index >= 15 is 0 Å². The molecule has 5 rings (SSSR count). The fourth-order valence-electron chi connectivity index (χ4n) is 5.72. The summed E-state index contributed by atoms with van der Waals surface area (Å²) in [6.07, 6.45) is 1.57. The average molecular weight is 595 g/mol. The molecule has 2 aliphatic rings. The lowest BCUT2D eigenvalue weighted by molar-refractivity contribution is -0.131. The number of nitrogens with zero attached hydrogens (tertiary/aromatic N) is 6. The van der Waals surface area contributed by atoms with Crippen molar-refractivity contribution in [2.75, 3.05) is 63.2 Å². The van der Waals surface area contributed by atoms with E-state index in [0.29, 0.717) is 37.5 Å². The molecule has 2 aliphatic heterocycles. The number of fused-ring (bicyclic) bond motifs is 2. The fraction of sp³-hybridized carbons (Fsp3) is 0.419. The number of ether oxygens (including phenoxy) is 1. The zero-order valence-electron chi connectivity index (χ0n) is 24.3. The summed E-state index contributed by atoms with van der Waals surface area (Å²) in [6, 6.07) is 12.1. The molecule has 42 heavy (non-hydrogen) atoms. The van der Waals surface area contributed by atoms with Crippen molar-refractivity contribution in [1.29, 1.82) is 0 Å². The van der Waals surface area contributed by atoms with E-state index in [1.54, 1.807) is 14.1 Å². The number of halogens is 2. The Morgan fingerprint density at radius 1 is 1.07 bits per heavy atom. The third kappa shape index (κ3) is 6.13. The van der Waals surface area contributed by atoms with Crippen LogP contribution in [0.15, 0.2) is 48.8 Å². The molecule has 0 spiro atoms. The van der Waals surface area contributed by atoms with E-state index in [2.05, 4.69) is 34.6 Å². The largest absolute Gasteiger partial charge is 0.463 e. The van der Waals surface area contributed by atoms with Crippen LogP contribution in [0.25, 0.3) is 10.8 Å². The molecule has 0 unspecified atom stereocenters. The molecule has 0 saturated carbocycles. The first-order valence-corrected chi connectivity index (χ1v) is 14.6. The maximum absolute atomic E-state index is 13.6. The van der Waals surface area contributed by atoms with E-state index in [9.17, 15) is 14.0 Å². The fourth-order valence-corrected chi connectivity index (χ4v) is 6.00. The lowest BCUT2D eigenvalue weighted by Crippen LogP contribution is -2.54. The molecule has 0 bridgehead atoms. The third-order valence-electron chi connectivity index (χ3n) is 7.94. The molecule has 1 saturated heterocycles. The second-order valence-corrected chi connectivity index (χ2v) is 11.3. The van der Waals surface area contributed by atoms with Crippen LogP contribution >= 0.6 is 11.6 Å². The van der Waals surface area contributed by atoms with Gasteiger partial charge in [0, 0.05) is 75.9 Å². The molecule has 9 nitrogen and oxygen atoms in total. The molecular weight excluding hydrogens is 559 g/mol. The summed E-state index contributed by atoms with van der Waals surface area (Å²) in [4.78, 5) is 41.6. The first kappa shape index (κ1) is 29.6. The number of hydrogen-bond donors (Lipinski definition) is 0. The van der Waals surface area contributed by atoms with Crippen molar-refractivity contribution in [3.8, 4) is 6.01 Å². The van der Waals surface area contributed by atoms with Crippen molar-refractivity contribution in [3.05, 3.63) is 65.1 Å². The van der Waals surface area contributed by atoms with Crippen LogP contribution in [0.3, 0.4) is 0 Å². The Morgan fingerprint density at radius 2 is 1.81 bits per heavy atom. The predicted octanol–water partition coefficient (Wildman–Crippen LogP) is 4.27.